The van der Waals surface area contributed by atoms with Crippen LogP contribution in [-0.2, 0) is 0 Å². The second-order valence-corrected chi connectivity index (χ2v) is 4.30. The summed E-state index contributed by atoms with van der Waals surface area (Å²) in [6.07, 6.45) is 0.364. The molecule has 2 rings (SSSR count). The highest BCUT2D eigenvalue weighted by molar-refractivity contribution is 5.96. The molecule has 0 radical (unpaired) electrons. The lowest BCUT2D eigenvalue weighted by Gasteiger charge is -2.08. The molecule has 3 nitrogen and oxygen atoms in total. The molecule has 104 valence electrons. The molecule has 0 saturated carbocycles. The van der Waals surface area contributed by atoms with Gasteiger partial charge in [-0.2, -0.15) is 0 Å². The lowest BCUT2D eigenvalue weighted by Crippen LogP contribution is -2.06. The molecule has 0 saturated heterocycles. The Hall–Kier alpha value is -2.29. The zero-order valence-electron chi connectivity index (χ0n) is 11.5. The number of ketones is 1. The van der Waals surface area contributed by atoms with E-state index in [9.17, 15) is 4.79 Å². The van der Waals surface area contributed by atoms with Gasteiger partial charge in [0.05, 0.1) is 13.2 Å². The maximum absolute atomic E-state index is 11.9. The Labute approximate surface area is 119 Å². The summed E-state index contributed by atoms with van der Waals surface area (Å²) in [5, 5.41) is 0. The third kappa shape index (κ3) is 4.12. The molecule has 0 spiro atoms. The van der Waals surface area contributed by atoms with E-state index in [1.54, 1.807) is 0 Å². The summed E-state index contributed by atoms with van der Waals surface area (Å²) in [7, 11) is 0. The average molecular weight is 270 g/mol. The number of carbonyl (C=O) groups is 1. The van der Waals surface area contributed by atoms with Crippen molar-refractivity contribution in [3.05, 3.63) is 60.2 Å². The van der Waals surface area contributed by atoms with E-state index in [2.05, 4.69) is 0 Å². The van der Waals surface area contributed by atoms with E-state index in [4.69, 9.17) is 9.47 Å². The Balaban J connectivity index is 1.84. The molecule has 3 heteroatoms. The fourth-order valence-electron chi connectivity index (χ4n) is 1.85. The van der Waals surface area contributed by atoms with Gasteiger partial charge in [-0.1, -0.05) is 36.4 Å². The van der Waals surface area contributed by atoms with Gasteiger partial charge in [0.25, 0.3) is 0 Å². The first-order valence-electron chi connectivity index (χ1n) is 6.73. The highest BCUT2D eigenvalue weighted by atomic mass is 16.5. The van der Waals surface area contributed by atoms with Gasteiger partial charge in [0.2, 0.25) is 0 Å². The highest BCUT2D eigenvalue weighted by Crippen LogP contribution is 2.19. The third-order valence-corrected chi connectivity index (χ3v) is 2.81. The van der Waals surface area contributed by atoms with Crippen LogP contribution in [0.4, 0.5) is 0 Å². The van der Waals surface area contributed by atoms with Crippen LogP contribution < -0.4 is 9.47 Å². The van der Waals surface area contributed by atoms with E-state index in [1.807, 2.05) is 61.5 Å². The van der Waals surface area contributed by atoms with Crippen LogP contribution in [0.1, 0.15) is 23.7 Å². The Morgan fingerprint density at radius 1 is 0.950 bits per heavy atom. The normalized spacial score (nSPS) is 10.1. The van der Waals surface area contributed by atoms with Crippen molar-refractivity contribution >= 4 is 5.78 Å². The average Bonchev–Trinajstić information content (AvgIpc) is 2.49. The Morgan fingerprint density at radius 2 is 1.65 bits per heavy atom. The zero-order chi connectivity index (χ0) is 14.2. The van der Waals surface area contributed by atoms with E-state index >= 15 is 0 Å². The molecule has 0 aliphatic carbocycles. The molecule has 20 heavy (non-hydrogen) atoms. The van der Waals surface area contributed by atoms with Crippen LogP contribution in [0.5, 0.6) is 11.5 Å². The predicted octanol–water partition coefficient (Wildman–Crippen LogP) is 3.74. The second kappa shape index (κ2) is 7.34. The van der Waals surface area contributed by atoms with Crippen molar-refractivity contribution in [2.24, 2.45) is 0 Å². The largest absolute Gasteiger partial charge is 0.494 e. The van der Waals surface area contributed by atoms with Crippen LogP contribution in [-0.4, -0.2) is 19.0 Å². The van der Waals surface area contributed by atoms with Gasteiger partial charge in [0, 0.05) is 18.1 Å². The number of carbonyl (C=O) groups excluding carboxylic acids is 1. The maximum Gasteiger partial charge on any atom is 0.166 e. The minimum atomic E-state index is 0.0894. The first-order valence-corrected chi connectivity index (χ1v) is 6.73. The summed E-state index contributed by atoms with van der Waals surface area (Å²) >= 11 is 0. The summed E-state index contributed by atoms with van der Waals surface area (Å²) in [5.41, 5.74) is 0.721. The molecule has 0 heterocycles. The van der Waals surface area contributed by atoms with Crippen LogP contribution in [0.3, 0.4) is 0 Å². The summed E-state index contributed by atoms with van der Waals surface area (Å²) in [6, 6.07) is 16.7. The van der Waals surface area contributed by atoms with Crippen LogP contribution in [0.2, 0.25) is 0 Å². The summed E-state index contributed by atoms with van der Waals surface area (Å²) < 4.78 is 11.0. The van der Waals surface area contributed by atoms with Crippen molar-refractivity contribution in [3.8, 4) is 11.5 Å². The zero-order valence-corrected chi connectivity index (χ0v) is 11.5. The van der Waals surface area contributed by atoms with E-state index in [0.29, 0.717) is 19.6 Å². The summed E-state index contributed by atoms with van der Waals surface area (Å²) in [4.78, 5) is 11.9. The molecule has 0 aliphatic rings. The lowest BCUT2D eigenvalue weighted by molar-refractivity contribution is 0.0962. The number of benzene rings is 2. The SMILES string of the molecule is CCOc1cccc(OCCC(=O)c2ccccc2)c1. The van der Waals surface area contributed by atoms with Crippen LogP contribution in [0.15, 0.2) is 54.6 Å². The third-order valence-electron chi connectivity index (χ3n) is 2.81. The molecule has 0 fully saturated rings. The number of hydrogen-bond donors (Lipinski definition) is 0. The van der Waals surface area contributed by atoms with Gasteiger partial charge in [-0.25, -0.2) is 0 Å². The molecular formula is C17H18O3. The second-order valence-electron chi connectivity index (χ2n) is 4.30. The number of hydrogen-bond acceptors (Lipinski definition) is 3. The Bertz CT molecular complexity index is 549. The molecular weight excluding hydrogens is 252 g/mol. The monoisotopic (exact) mass is 270 g/mol. The van der Waals surface area contributed by atoms with Gasteiger partial charge in [-0.15, -0.1) is 0 Å². The minimum Gasteiger partial charge on any atom is -0.494 e. The van der Waals surface area contributed by atoms with Crippen LogP contribution in [0.25, 0.3) is 0 Å². The van der Waals surface area contributed by atoms with Crippen molar-refractivity contribution in [3.63, 3.8) is 0 Å². The fraction of sp³-hybridized carbons (Fsp3) is 0.235. The van der Waals surface area contributed by atoms with Crippen LogP contribution in [0, 0.1) is 0 Å². The Morgan fingerprint density at radius 3 is 2.35 bits per heavy atom. The molecule has 0 amide bonds. The quantitative estimate of drug-likeness (QED) is 0.719. The highest BCUT2D eigenvalue weighted by Gasteiger charge is 2.05. The van der Waals surface area contributed by atoms with Crippen molar-refractivity contribution in [2.75, 3.05) is 13.2 Å². The number of rotatable bonds is 7. The first-order chi connectivity index (χ1) is 9.79. The van der Waals surface area contributed by atoms with Gasteiger partial charge in [0.1, 0.15) is 11.5 Å². The van der Waals surface area contributed by atoms with E-state index in [0.717, 1.165) is 17.1 Å². The Kier molecular flexibility index (Phi) is 5.18. The van der Waals surface area contributed by atoms with E-state index in [-0.39, 0.29) is 5.78 Å². The molecule has 2 aromatic rings. The molecule has 0 N–H and O–H groups in total. The van der Waals surface area contributed by atoms with Crippen molar-refractivity contribution in [2.45, 2.75) is 13.3 Å². The molecule has 0 aromatic heterocycles. The molecule has 0 atom stereocenters. The predicted molar refractivity (Wildman–Crippen MR) is 78.5 cm³/mol. The molecule has 0 unspecified atom stereocenters. The van der Waals surface area contributed by atoms with Crippen molar-refractivity contribution in [1.29, 1.82) is 0 Å². The topological polar surface area (TPSA) is 35.5 Å². The van der Waals surface area contributed by atoms with Gasteiger partial charge in [-0.05, 0) is 19.1 Å². The molecule has 0 bridgehead atoms. The van der Waals surface area contributed by atoms with Gasteiger partial charge in [0.15, 0.2) is 5.78 Å². The van der Waals surface area contributed by atoms with E-state index < -0.39 is 0 Å². The molecule has 2 aromatic carbocycles. The van der Waals surface area contributed by atoms with Crippen molar-refractivity contribution < 1.29 is 14.3 Å². The van der Waals surface area contributed by atoms with Crippen LogP contribution >= 0.6 is 0 Å². The first kappa shape index (κ1) is 14.1. The molecule has 0 aliphatic heterocycles. The smallest absolute Gasteiger partial charge is 0.166 e. The maximum atomic E-state index is 11.9. The number of Topliss-reactive ketones (excluding diaryl/α,β-unsaturated/α-hetero) is 1. The minimum absolute atomic E-state index is 0.0894. The van der Waals surface area contributed by atoms with E-state index in [1.165, 1.54) is 0 Å². The summed E-state index contributed by atoms with van der Waals surface area (Å²) in [5.74, 6) is 1.59. The van der Waals surface area contributed by atoms with Gasteiger partial charge >= 0.3 is 0 Å². The fourth-order valence-corrected chi connectivity index (χ4v) is 1.85. The number of ether oxygens (including phenoxy) is 2. The van der Waals surface area contributed by atoms with Gasteiger partial charge < -0.3 is 9.47 Å². The van der Waals surface area contributed by atoms with Gasteiger partial charge in [-0.3, -0.25) is 4.79 Å². The lowest BCUT2D eigenvalue weighted by atomic mass is 10.1. The standard InChI is InChI=1S/C17H18O3/c1-2-19-15-9-6-10-16(13-15)20-12-11-17(18)14-7-4-3-5-8-14/h3-10,13H,2,11-12H2,1H3. The van der Waals surface area contributed by atoms with Crippen molar-refractivity contribution in [1.82, 2.24) is 0 Å². The summed E-state index contributed by atoms with van der Waals surface area (Å²) in [6.45, 7) is 2.92.